The molecule has 4 heteroatoms. The molecule has 0 aromatic heterocycles. The first-order valence-corrected chi connectivity index (χ1v) is 6.58. The summed E-state index contributed by atoms with van der Waals surface area (Å²) in [7, 11) is 0. The standard InChI is InChI=1S/C12H20N2OS/c1-8(2)9-4-3-6-12(7-5-9)10(15)13-11(16)14-12/h8-9H,3-7H2,1-2H3,(H2,13,14,15,16). The Labute approximate surface area is 102 Å². The zero-order chi connectivity index (χ0) is 11.8. The highest BCUT2D eigenvalue weighted by Gasteiger charge is 2.45. The monoisotopic (exact) mass is 240 g/mol. The molecule has 3 nitrogen and oxygen atoms in total. The van der Waals surface area contributed by atoms with Crippen LogP contribution in [0.1, 0.15) is 46.0 Å². The molecule has 2 N–H and O–H groups in total. The summed E-state index contributed by atoms with van der Waals surface area (Å²) in [6.07, 6.45) is 5.32. The summed E-state index contributed by atoms with van der Waals surface area (Å²) in [6.45, 7) is 4.55. The summed E-state index contributed by atoms with van der Waals surface area (Å²) < 4.78 is 0. The number of hydrogen-bond donors (Lipinski definition) is 2. The number of hydrogen-bond acceptors (Lipinski definition) is 2. The second-order valence-electron chi connectivity index (χ2n) is 5.43. The van der Waals surface area contributed by atoms with Crippen molar-refractivity contribution in [3.8, 4) is 0 Å². The van der Waals surface area contributed by atoms with E-state index in [1.165, 1.54) is 6.42 Å². The van der Waals surface area contributed by atoms with Crippen LogP contribution < -0.4 is 10.6 Å². The third-order valence-corrected chi connectivity index (χ3v) is 4.28. The second kappa shape index (κ2) is 4.32. The van der Waals surface area contributed by atoms with Gasteiger partial charge >= 0.3 is 0 Å². The molecular weight excluding hydrogens is 220 g/mol. The van der Waals surface area contributed by atoms with Crippen LogP contribution in [0, 0.1) is 11.8 Å². The fraction of sp³-hybridized carbons (Fsp3) is 0.833. The molecule has 2 fully saturated rings. The van der Waals surface area contributed by atoms with E-state index in [1.54, 1.807) is 0 Å². The van der Waals surface area contributed by atoms with Crippen LogP contribution in [0.4, 0.5) is 0 Å². The lowest BCUT2D eigenvalue weighted by Crippen LogP contribution is -2.46. The van der Waals surface area contributed by atoms with Gasteiger partial charge in [0.15, 0.2) is 5.11 Å². The Balaban J connectivity index is 2.08. The number of carbonyl (C=O) groups excluding carboxylic acids is 1. The highest BCUT2D eigenvalue weighted by atomic mass is 32.1. The number of rotatable bonds is 1. The average molecular weight is 240 g/mol. The molecule has 0 radical (unpaired) electrons. The first-order valence-electron chi connectivity index (χ1n) is 6.17. The summed E-state index contributed by atoms with van der Waals surface area (Å²) >= 11 is 5.03. The molecule has 0 bridgehead atoms. The first kappa shape index (κ1) is 11.8. The third-order valence-electron chi connectivity index (χ3n) is 4.08. The van der Waals surface area contributed by atoms with Gasteiger partial charge in [-0.1, -0.05) is 26.7 Å². The maximum Gasteiger partial charge on any atom is 0.251 e. The van der Waals surface area contributed by atoms with Crippen molar-refractivity contribution in [1.82, 2.24) is 10.6 Å². The second-order valence-corrected chi connectivity index (χ2v) is 5.83. The van der Waals surface area contributed by atoms with Crippen molar-refractivity contribution in [2.24, 2.45) is 11.8 Å². The van der Waals surface area contributed by atoms with E-state index < -0.39 is 0 Å². The molecule has 1 amide bonds. The molecular formula is C12H20N2OS. The lowest BCUT2D eigenvalue weighted by Gasteiger charge is -2.25. The van der Waals surface area contributed by atoms with Crippen molar-refractivity contribution in [3.05, 3.63) is 0 Å². The zero-order valence-corrected chi connectivity index (χ0v) is 10.8. The van der Waals surface area contributed by atoms with Crippen molar-refractivity contribution in [3.63, 3.8) is 0 Å². The summed E-state index contributed by atoms with van der Waals surface area (Å²) in [4.78, 5) is 11.9. The van der Waals surface area contributed by atoms with Crippen molar-refractivity contribution in [2.75, 3.05) is 0 Å². The van der Waals surface area contributed by atoms with Crippen LogP contribution in [0.25, 0.3) is 0 Å². The minimum atomic E-state index is -0.388. The summed E-state index contributed by atoms with van der Waals surface area (Å²) in [5.74, 6) is 1.55. The molecule has 1 spiro atoms. The van der Waals surface area contributed by atoms with E-state index in [0.717, 1.165) is 31.6 Å². The zero-order valence-electron chi connectivity index (χ0n) is 10.0. The molecule has 2 unspecified atom stereocenters. The highest BCUT2D eigenvalue weighted by molar-refractivity contribution is 7.80. The maximum absolute atomic E-state index is 11.9. The highest BCUT2D eigenvalue weighted by Crippen LogP contribution is 2.35. The van der Waals surface area contributed by atoms with Crippen LogP contribution in [-0.4, -0.2) is 16.6 Å². The van der Waals surface area contributed by atoms with Gasteiger partial charge in [-0.25, -0.2) is 0 Å². The van der Waals surface area contributed by atoms with Crippen LogP contribution >= 0.6 is 12.2 Å². The van der Waals surface area contributed by atoms with Crippen LogP contribution in [0.5, 0.6) is 0 Å². The van der Waals surface area contributed by atoms with Gasteiger partial charge in [-0.15, -0.1) is 0 Å². The van der Waals surface area contributed by atoms with Gasteiger partial charge < -0.3 is 10.6 Å². The molecule has 90 valence electrons. The predicted octanol–water partition coefficient (Wildman–Crippen LogP) is 1.97. The number of thiocarbonyl (C=S) groups is 1. The maximum atomic E-state index is 11.9. The predicted molar refractivity (Wildman–Crippen MR) is 68.0 cm³/mol. The van der Waals surface area contributed by atoms with Gasteiger partial charge in [0.05, 0.1) is 0 Å². The largest absolute Gasteiger partial charge is 0.348 e. The number of amides is 1. The SMILES string of the molecule is CC(C)C1CCCC2(CC1)NC(=S)NC2=O. The van der Waals surface area contributed by atoms with Gasteiger partial charge in [-0.2, -0.15) is 0 Å². The van der Waals surface area contributed by atoms with Crippen molar-refractivity contribution in [2.45, 2.75) is 51.5 Å². The molecule has 1 saturated heterocycles. The Morgan fingerprint density at radius 1 is 1.38 bits per heavy atom. The van der Waals surface area contributed by atoms with Gasteiger partial charge in [-0.05, 0) is 43.3 Å². The normalized spacial score (nSPS) is 35.1. The molecule has 2 aliphatic rings. The van der Waals surface area contributed by atoms with E-state index in [-0.39, 0.29) is 11.4 Å². The topological polar surface area (TPSA) is 41.1 Å². The summed E-state index contributed by atoms with van der Waals surface area (Å²) in [5.41, 5.74) is -0.388. The van der Waals surface area contributed by atoms with E-state index in [1.807, 2.05) is 0 Å². The smallest absolute Gasteiger partial charge is 0.251 e. The molecule has 1 aliphatic heterocycles. The fourth-order valence-corrected chi connectivity index (χ4v) is 3.20. The lowest BCUT2D eigenvalue weighted by atomic mass is 9.86. The van der Waals surface area contributed by atoms with E-state index in [0.29, 0.717) is 11.0 Å². The Hall–Kier alpha value is -0.640. The molecule has 1 saturated carbocycles. The van der Waals surface area contributed by atoms with Gasteiger partial charge in [0.2, 0.25) is 0 Å². The van der Waals surface area contributed by atoms with Crippen LogP contribution in [0.2, 0.25) is 0 Å². The Kier molecular flexibility index (Phi) is 3.19. The minimum absolute atomic E-state index is 0.0851. The van der Waals surface area contributed by atoms with E-state index >= 15 is 0 Å². The quantitative estimate of drug-likeness (QED) is 0.689. The van der Waals surface area contributed by atoms with Crippen LogP contribution in [-0.2, 0) is 4.79 Å². The van der Waals surface area contributed by atoms with Crippen molar-refractivity contribution < 1.29 is 4.79 Å². The molecule has 16 heavy (non-hydrogen) atoms. The molecule has 2 atom stereocenters. The van der Waals surface area contributed by atoms with Gasteiger partial charge in [0, 0.05) is 0 Å². The number of nitrogens with one attached hydrogen (secondary N) is 2. The minimum Gasteiger partial charge on any atom is -0.348 e. The van der Waals surface area contributed by atoms with E-state index in [2.05, 4.69) is 24.5 Å². The Morgan fingerprint density at radius 3 is 2.69 bits per heavy atom. The van der Waals surface area contributed by atoms with E-state index in [9.17, 15) is 4.79 Å². The summed E-state index contributed by atoms with van der Waals surface area (Å²) in [6, 6.07) is 0. The third kappa shape index (κ3) is 2.08. The van der Waals surface area contributed by atoms with Gasteiger partial charge in [-0.3, -0.25) is 4.79 Å². The molecule has 2 rings (SSSR count). The molecule has 0 aromatic carbocycles. The average Bonchev–Trinajstić information content (AvgIpc) is 2.37. The Morgan fingerprint density at radius 2 is 2.12 bits per heavy atom. The van der Waals surface area contributed by atoms with E-state index in [4.69, 9.17) is 12.2 Å². The van der Waals surface area contributed by atoms with Gasteiger partial charge in [0.1, 0.15) is 5.54 Å². The first-order chi connectivity index (χ1) is 7.53. The van der Waals surface area contributed by atoms with Crippen LogP contribution in [0.15, 0.2) is 0 Å². The van der Waals surface area contributed by atoms with Gasteiger partial charge in [0.25, 0.3) is 5.91 Å². The fourth-order valence-electron chi connectivity index (χ4n) is 2.91. The number of carbonyl (C=O) groups is 1. The molecule has 1 aliphatic carbocycles. The lowest BCUT2D eigenvalue weighted by molar-refractivity contribution is -0.124. The molecule has 0 aromatic rings. The van der Waals surface area contributed by atoms with Crippen molar-refractivity contribution >= 4 is 23.2 Å². The molecule has 1 heterocycles. The van der Waals surface area contributed by atoms with Crippen LogP contribution in [0.3, 0.4) is 0 Å². The van der Waals surface area contributed by atoms with Crippen molar-refractivity contribution in [1.29, 1.82) is 0 Å². The summed E-state index contributed by atoms with van der Waals surface area (Å²) in [5, 5.41) is 6.43. The Bertz CT molecular complexity index is 316.